The second kappa shape index (κ2) is 9.58. The minimum Gasteiger partial charge on any atom is -0.489 e. The van der Waals surface area contributed by atoms with Gasteiger partial charge >= 0.3 is 5.97 Å². The minimum absolute atomic E-state index is 0.190. The summed E-state index contributed by atoms with van der Waals surface area (Å²) in [5, 5.41) is 9.78. The largest absolute Gasteiger partial charge is 0.489 e. The van der Waals surface area contributed by atoms with E-state index in [0.717, 1.165) is 5.56 Å². The molecule has 146 valence electrons. The minimum atomic E-state index is -1.13. The van der Waals surface area contributed by atoms with E-state index in [1.54, 1.807) is 54.9 Å². The number of ether oxygens (including phenoxy) is 3. The maximum atomic E-state index is 12.3. The Labute approximate surface area is 173 Å². The molecule has 0 saturated heterocycles. The van der Waals surface area contributed by atoms with Crippen LogP contribution in [0.3, 0.4) is 0 Å². The average molecular weight is 409 g/mol. The van der Waals surface area contributed by atoms with Gasteiger partial charge in [0.15, 0.2) is 0 Å². The van der Waals surface area contributed by atoms with Crippen LogP contribution in [0.4, 0.5) is 0 Å². The molecule has 1 unspecified atom stereocenters. The van der Waals surface area contributed by atoms with Crippen molar-refractivity contribution in [2.24, 2.45) is 0 Å². The normalized spacial score (nSPS) is 11.2. The molecule has 0 aliphatic rings. The molecule has 1 atom stereocenters. The number of esters is 1. The number of aromatic nitrogens is 1. The topological polar surface area (TPSA) is 81.4 Å². The average Bonchev–Trinajstić information content (AvgIpc) is 2.77. The van der Waals surface area contributed by atoms with Gasteiger partial charge in [-0.15, -0.1) is 0 Å². The lowest BCUT2D eigenvalue weighted by Gasteiger charge is -2.19. The third kappa shape index (κ3) is 5.03. The first-order chi connectivity index (χ1) is 14.1. The molecule has 0 N–H and O–H groups in total. The van der Waals surface area contributed by atoms with E-state index in [1.807, 2.05) is 12.1 Å². The van der Waals surface area contributed by atoms with Crippen molar-refractivity contribution in [2.45, 2.75) is 12.7 Å². The first-order valence-electron chi connectivity index (χ1n) is 8.67. The predicted octanol–water partition coefficient (Wildman–Crippen LogP) is 4.48. The van der Waals surface area contributed by atoms with Crippen molar-refractivity contribution in [1.29, 1.82) is 5.26 Å². The van der Waals surface area contributed by atoms with Gasteiger partial charge in [-0.25, -0.2) is 4.79 Å². The SMILES string of the molecule is COC(=O)C(Oc1cc(OCc2ccncc2)ccc1C#N)c1ccccc1Cl. The van der Waals surface area contributed by atoms with Gasteiger partial charge in [0.05, 0.1) is 12.7 Å². The molecule has 1 aromatic heterocycles. The summed E-state index contributed by atoms with van der Waals surface area (Å²) >= 11 is 6.23. The summed E-state index contributed by atoms with van der Waals surface area (Å²) in [5.41, 5.74) is 1.63. The summed E-state index contributed by atoms with van der Waals surface area (Å²) in [7, 11) is 1.26. The fraction of sp³-hybridized carbons (Fsp3) is 0.136. The Morgan fingerprint density at radius 2 is 1.93 bits per heavy atom. The van der Waals surface area contributed by atoms with Crippen LogP contribution in [0.25, 0.3) is 0 Å². The van der Waals surface area contributed by atoms with Crippen LogP contribution in [-0.4, -0.2) is 18.1 Å². The van der Waals surface area contributed by atoms with Crippen molar-refractivity contribution in [3.05, 3.63) is 88.7 Å². The van der Waals surface area contributed by atoms with Crippen LogP contribution in [0.2, 0.25) is 5.02 Å². The molecule has 0 fully saturated rings. The number of pyridine rings is 1. The second-order valence-electron chi connectivity index (χ2n) is 5.96. The molecule has 0 spiro atoms. The van der Waals surface area contributed by atoms with Crippen molar-refractivity contribution in [3.8, 4) is 17.6 Å². The van der Waals surface area contributed by atoms with Gasteiger partial charge in [0, 0.05) is 29.0 Å². The predicted molar refractivity (Wildman–Crippen MR) is 107 cm³/mol. The molecular formula is C22H17ClN2O4. The highest BCUT2D eigenvalue weighted by Gasteiger charge is 2.27. The first-order valence-corrected chi connectivity index (χ1v) is 9.05. The van der Waals surface area contributed by atoms with Crippen molar-refractivity contribution >= 4 is 17.6 Å². The van der Waals surface area contributed by atoms with Crippen LogP contribution in [0.5, 0.6) is 11.5 Å². The monoisotopic (exact) mass is 408 g/mol. The highest BCUT2D eigenvalue weighted by Crippen LogP contribution is 2.32. The molecule has 1 heterocycles. The van der Waals surface area contributed by atoms with E-state index in [9.17, 15) is 10.1 Å². The molecule has 0 bridgehead atoms. The van der Waals surface area contributed by atoms with Crippen molar-refractivity contribution in [3.63, 3.8) is 0 Å². The zero-order valence-electron chi connectivity index (χ0n) is 15.5. The molecule has 0 aliphatic carbocycles. The first kappa shape index (κ1) is 20.2. The number of carbonyl (C=O) groups is 1. The van der Waals surface area contributed by atoms with E-state index >= 15 is 0 Å². The van der Waals surface area contributed by atoms with Gasteiger partial charge in [0.25, 0.3) is 0 Å². The smallest absolute Gasteiger partial charge is 0.351 e. The Kier molecular flexibility index (Phi) is 6.67. The molecule has 0 saturated carbocycles. The lowest BCUT2D eigenvalue weighted by molar-refractivity contribution is -0.149. The van der Waals surface area contributed by atoms with Gasteiger partial charge < -0.3 is 14.2 Å². The number of rotatable bonds is 7. The van der Waals surface area contributed by atoms with E-state index < -0.39 is 12.1 Å². The summed E-state index contributed by atoms with van der Waals surface area (Å²) in [6.45, 7) is 0.318. The zero-order chi connectivity index (χ0) is 20.6. The summed E-state index contributed by atoms with van der Waals surface area (Å²) in [6, 6.07) is 17.3. The fourth-order valence-electron chi connectivity index (χ4n) is 2.59. The summed E-state index contributed by atoms with van der Waals surface area (Å²) in [5.74, 6) is 0.0405. The number of carbonyl (C=O) groups excluding carboxylic acids is 1. The number of methoxy groups -OCH3 is 1. The van der Waals surface area contributed by atoms with Gasteiger partial charge in [-0.1, -0.05) is 29.8 Å². The maximum absolute atomic E-state index is 12.3. The van der Waals surface area contributed by atoms with Crippen molar-refractivity contribution < 1.29 is 19.0 Å². The Morgan fingerprint density at radius 1 is 1.17 bits per heavy atom. The Bertz CT molecular complexity index is 1030. The van der Waals surface area contributed by atoms with E-state index in [-0.39, 0.29) is 11.3 Å². The van der Waals surface area contributed by atoms with E-state index in [0.29, 0.717) is 22.9 Å². The Balaban J connectivity index is 1.88. The van der Waals surface area contributed by atoms with Crippen LogP contribution >= 0.6 is 11.6 Å². The number of hydrogen-bond acceptors (Lipinski definition) is 6. The lowest BCUT2D eigenvalue weighted by atomic mass is 10.1. The highest BCUT2D eigenvalue weighted by molar-refractivity contribution is 6.31. The quantitative estimate of drug-likeness (QED) is 0.536. The highest BCUT2D eigenvalue weighted by atomic mass is 35.5. The standard InChI is InChI=1S/C22H17ClN2O4/c1-27-22(26)21(18-4-2-3-5-19(18)23)29-20-12-17(7-6-16(20)13-24)28-14-15-8-10-25-11-9-15/h2-12,21H,14H2,1H3. The van der Waals surface area contributed by atoms with Gasteiger partial charge in [0.1, 0.15) is 24.2 Å². The molecule has 3 rings (SSSR count). The number of halogens is 1. The van der Waals surface area contributed by atoms with Crippen LogP contribution < -0.4 is 9.47 Å². The molecule has 0 aliphatic heterocycles. The molecule has 6 nitrogen and oxygen atoms in total. The summed E-state index contributed by atoms with van der Waals surface area (Å²) in [6.07, 6.45) is 2.23. The molecular weight excluding hydrogens is 392 g/mol. The molecule has 7 heteroatoms. The molecule has 0 radical (unpaired) electrons. The van der Waals surface area contributed by atoms with E-state index in [4.69, 9.17) is 25.8 Å². The molecule has 2 aromatic carbocycles. The van der Waals surface area contributed by atoms with Crippen LogP contribution in [-0.2, 0) is 16.1 Å². The molecule has 3 aromatic rings. The van der Waals surface area contributed by atoms with Crippen LogP contribution in [0.1, 0.15) is 22.8 Å². The number of benzene rings is 2. The molecule has 29 heavy (non-hydrogen) atoms. The third-order valence-corrected chi connectivity index (χ3v) is 4.42. The third-order valence-electron chi connectivity index (χ3n) is 4.08. The van der Waals surface area contributed by atoms with Crippen LogP contribution in [0.15, 0.2) is 67.0 Å². The fourth-order valence-corrected chi connectivity index (χ4v) is 2.82. The van der Waals surface area contributed by atoms with Crippen molar-refractivity contribution in [2.75, 3.05) is 7.11 Å². The maximum Gasteiger partial charge on any atom is 0.351 e. The lowest BCUT2D eigenvalue weighted by Crippen LogP contribution is -2.21. The van der Waals surface area contributed by atoms with Crippen molar-refractivity contribution in [1.82, 2.24) is 4.98 Å². The number of nitriles is 1. The molecule has 0 amide bonds. The summed E-state index contributed by atoms with van der Waals surface area (Å²) < 4.78 is 16.5. The van der Waals surface area contributed by atoms with E-state index in [1.165, 1.54) is 7.11 Å². The van der Waals surface area contributed by atoms with Gasteiger partial charge in [0.2, 0.25) is 6.10 Å². The van der Waals surface area contributed by atoms with Gasteiger partial charge in [-0.05, 0) is 35.9 Å². The Hall–Kier alpha value is -3.56. The summed E-state index contributed by atoms with van der Waals surface area (Å²) in [4.78, 5) is 16.3. The second-order valence-corrected chi connectivity index (χ2v) is 6.36. The zero-order valence-corrected chi connectivity index (χ0v) is 16.3. The number of nitrogens with zero attached hydrogens (tertiary/aromatic N) is 2. The number of hydrogen-bond donors (Lipinski definition) is 0. The van der Waals surface area contributed by atoms with E-state index in [2.05, 4.69) is 11.1 Å². The van der Waals surface area contributed by atoms with Crippen LogP contribution in [0, 0.1) is 11.3 Å². The van der Waals surface area contributed by atoms with Gasteiger partial charge in [-0.3, -0.25) is 4.98 Å². The Morgan fingerprint density at radius 3 is 2.62 bits per heavy atom. The van der Waals surface area contributed by atoms with Gasteiger partial charge in [-0.2, -0.15) is 5.26 Å².